The Labute approximate surface area is 228 Å². The number of carbonyl (C=O) groups is 2. The van der Waals surface area contributed by atoms with Crippen LogP contribution in [0.1, 0.15) is 59.4 Å². The first-order valence-corrected chi connectivity index (χ1v) is 13.6. The molecule has 0 radical (unpaired) electrons. The van der Waals surface area contributed by atoms with E-state index < -0.39 is 17.7 Å². The summed E-state index contributed by atoms with van der Waals surface area (Å²) >= 11 is 2.24. The van der Waals surface area contributed by atoms with Gasteiger partial charge in [-0.25, -0.2) is 13.8 Å². The second-order valence-electron chi connectivity index (χ2n) is 10.1. The summed E-state index contributed by atoms with van der Waals surface area (Å²) in [7, 11) is 1.46. The van der Waals surface area contributed by atoms with E-state index in [0.29, 0.717) is 22.5 Å². The Morgan fingerprint density at radius 1 is 0.919 bits per heavy atom. The van der Waals surface area contributed by atoms with Crippen LogP contribution in [0.4, 0.5) is 20.3 Å². The number of amides is 2. The van der Waals surface area contributed by atoms with Crippen molar-refractivity contribution in [3.63, 3.8) is 0 Å². The zero-order chi connectivity index (χ0) is 26.2. The molecular weight excluding hydrogens is 595 g/mol. The highest BCUT2D eigenvalue weighted by atomic mass is 127. The Morgan fingerprint density at radius 3 is 2.22 bits per heavy atom. The maximum atomic E-state index is 13.6. The fourth-order valence-corrected chi connectivity index (χ4v) is 5.57. The molecule has 3 aliphatic rings. The third-order valence-corrected chi connectivity index (χ3v) is 8.37. The molecule has 0 atom stereocenters. The average molecular weight is 625 g/mol. The Kier molecular flexibility index (Phi) is 7.16. The van der Waals surface area contributed by atoms with E-state index in [1.165, 1.54) is 26.0 Å². The number of carbonyl (C=O) groups excluding carboxylic acids is 2. The fourth-order valence-electron chi connectivity index (χ4n) is 5.10. The van der Waals surface area contributed by atoms with Crippen molar-refractivity contribution in [1.29, 1.82) is 0 Å². The second-order valence-corrected chi connectivity index (χ2v) is 11.4. The molecule has 1 saturated carbocycles. The highest BCUT2D eigenvalue weighted by molar-refractivity contribution is 14.1. The quantitative estimate of drug-likeness (QED) is 0.379. The van der Waals surface area contributed by atoms with Crippen LogP contribution in [-0.2, 0) is 0 Å². The third-order valence-electron chi connectivity index (χ3n) is 7.70. The van der Waals surface area contributed by atoms with E-state index in [4.69, 9.17) is 4.74 Å². The van der Waals surface area contributed by atoms with Gasteiger partial charge in [0.15, 0.2) is 11.6 Å². The maximum absolute atomic E-state index is 13.6. The number of hydrazine groups is 1. The minimum absolute atomic E-state index is 0.0435. The van der Waals surface area contributed by atoms with Crippen LogP contribution in [-0.4, -0.2) is 56.0 Å². The second kappa shape index (κ2) is 10.2. The summed E-state index contributed by atoms with van der Waals surface area (Å²) in [5.74, 6) is -3.01. The predicted octanol–water partition coefficient (Wildman–Crippen LogP) is 4.39. The molecular formula is C26H30F2IN5O3. The van der Waals surface area contributed by atoms with Crippen LogP contribution in [0.15, 0.2) is 30.3 Å². The number of methoxy groups -OCH3 is 1. The van der Waals surface area contributed by atoms with Gasteiger partial charge in [0.1, 0.15) is 5.69 Å². The van der Waals surface area contributed by atoms with E-state index >= 15 is 0 Å². The first-order valence-electron chi connectivity index (χ1n) is 12.5. The summed E-state index contributed by atoms with van der Waals surface area (Å²) in [6.07, 6.45) is 4.30. The van der Waals surface area contributed by atoms with E-state index in [0.717, 1.165) is 35.2 Å². The van der Waals surface area contributed by atoms with Crippen LogP contribution in [0, 0.1) is 8.99 Å². The largest absolute Gasteiger partial charge is 0.493 e. The van der Waals surface area contributed by atoms with E-state index in [2.05, 4.69) is 43.3 Å². The lowest BCUT2D eigenvalue weighted by Gasteiger charge is -2.35. The van der Waals surface area contributed by atoms with Crippen molar-refractivity contribution in [3.8, 4) is 5.75 Å². The molecule has 2 N–H and O–H groups in total. The number of alkyl halides is 2. The lowest BCUT2D eigenvalue weighted by atomic mass is 9.93. The van der Waals surface area contributed by atoms with Gasteiger partial charge in [-0.3, -0.25) is 20.4 Å². The monoisotopic (exact) mass is 625 g/mol. The molecule has 1 spiro atoms. The number of ether oxygens (including phenoxy) is 1. The lowest BCUT2D eigenvalue weighted by molar-refractivity contribution is -0.0222. The SMILES string of the molecule is COc1ccc(C(=O)NNC(=O)c2ccc(I)cc2N2CCC3(CC2)CC3)nc1N1CCC(F)(F)CC1. The molecule has 2 saturated heterocycles. The third kappa shape index (κ3) is 5.75. The van der Waals surface area contributed by atoms with Gasteiger partial charge in [0.05, 0.1) is 18.4 Å². The summed E-state index contributed by atoms with van der Waals surface area (Å²) in [4.78, 5) is 34.3. The molecule has 5 rings (SSSR count). The smallest absolute Gasteiger partial charge is 0.288 e. The van der Waals surface area contributed by atoms with Gasteiger partial charge < -0.3 is 14.5 Å². The molecule has 3 fully saturated rings. The first-order chi connectivity index (χ1) is 17.7. The predicted molar refractivity (Wildman–Crippen MR) is 144 cm³/mol. The number of nitrogens with one attached hydrogen (secondary N) is 2. The Balaban J connectivity index is 1.26. The van der Waals surface area contributed by atoms with Gasteiger partial charge in [-0.15, -0.1) is 0 Å². The molecule has 198 valence electrons. The number of pyridine rings is 1. The highest BCUT2D eigenvalue weighted by Gasteiger charge is 2.44. The lowest BCUT2D eigenvalue weighted by Crippen LogP contribution is -2.43. The molecule has 8 nitrogen and oxygen atoms in total. The summed E-state index contributed by atoms with van der Waals surface area (Å²) in [6.45, 7) is 2.03. The number of benzene rings is 1. The summed E-state index contributed by atoms with van der Waals surface area (Å²) in [6, 6.07) is 8.69. The van der Waals surface area contributed by atoms with Gasteiger partial charge >= 0.3 is 0 Å². The van der Waals surface area contributed by atoms with Crippen molar-refractivity contribution in [2.45, 2.75) is 44.4 Å². The highest BCUT2D eigenvalue weighted by Crippen LogP contribution is 2.54. The summed E-state index contributed by atoms with van der Waals surface area (Å²) < 4.78 is 33.6. The molecule has 1 aromatic heterocycles. The number of piperidine rings is 2. The van der Waals surface area contributed by atoms with E-state index in [1.54, 1.807) is 17.0 Å². The van der Waals surface area contributed by atoms with Crippen LogP contribution in [0.5, 0.6) is 5.75 Å². The molecule has 1 aliphatic carbocycles. The van der Waals surface area contributed by atoms with Crippen molar-refractivity contribution in [1.82, 2.24) is 15.8 Å². The Hall–Kier alpha value is -2.70. The van der Waals surface area contributed by atoms with E-state index in [9.17, 15) is 18.4 Å². The van der Waals surface area contributed by atoms with Gasteiger partial charge in [0, 0.05) is 42.6 Å². The molecule has 1 aromatic carbocycles. The van der Waals surface area contributed by atoms with Crippen molar-refractivity contribution >= 4 is 45.9 Å². The van der Waals surface area contributed by atoms with Gasteiger partial charge in [0.2, 0.25) is 0 Å². The van der Waals surface area contributed by atoms with Crippen LogP contribution >= 0.6 is 22.6 Å². The number of hydrogen-bond donors (Lipinski definition) is 2. The van der Waals surface area contributed by atoms with Crippen molar-refractivity contribution in [3.05, 3.63) is 45.2 Å². The van der Waals surface area contributed by atoms with Crippen molar-refractivity contribution in [2.75, 3.05) is 43.1 Å². The summed E-state index contributed by atoms with van der Waals surface area (Å²) in [5.41, 5.74) is 6.87. The standard InChI is InChI=1S/C26H30F2IN5O3/c1-37-21-5-4-19(30-22(21)34-14-10-26(27,28)11-15-34)24(36)32-31-23(35)18-3-2-17(29)16-20(18)33-12-8-25(6-7-25)9-13-33/h2-5,16H,6-15H2,1H3,(H,31,35)(H,32,36). The number of aromatic nitrogens is 1. The van der Waals surface area contributed by atoms with E-state index in [-0.39, 0.29) is 31.6 Å². The van der Waals surface area contributed by atoms with Crippen molar-refractivity contribution in [2.24, 2.45) is 5.41 Å². The van der Waals surface area contributed by atoms with Crippen molar-refractivity contribution < 1.29 is 23.1 Å². The van der Waals surface area contributed by atoms with E-state index in [1.807, 2.05) is 12.1 Å². The normalized spacial score (nSPS) is 19.9. The molecule has 11 heteroatoms. The average Bonchev–Trinajstić information content (AvgIpc) is 3.65. The van der Waals surface area contributed by atoms with Crippen LogP contribution < -0.4 is 25.4 Å². The zero-order valence-electron chi connectivity index (χ0n) is 20.7. The molecule has 3 heterocycles. The van der Waals surface area contributed by atoms with Gasteiger partial charge in [-0.05, 0) is 84.0 Å². The van der Waals surface area contributed by atoms with Gasteiger partial charge in [-0.1, -0.05) is 0 Å². The van der Waals surface area contributed by atoms with Crippen LogP contribution in [0.25, 0.3) is 0 Å². The fraction of sp³-hybridized carbons (Fsp3) is 0.500. The number of rotatable bonds is 5. The van der Waals surface area contributed by atoms with Crippen LogP contribution in [0.2, 0.25) is 0 Å². The molecule has 0 unspecified atom stereocenters. The van der Waals surface area contributed by atoms with Crippen LogP contribution in [0.3, 0.4) is 0 Å². The molecule has 2 amide bonds. The molecule has 0 bridgehead atoms. The van der Waals surface area contributed by atoms with Gasteiger partial charge in [0.25, 0.3) is 17.7 Å². The zero-order valence-corrected chi connectivity index (χ0v) is 22.8. The summed E-state index contributed by atoms with van der Waals surface area (Å²) in [5, 5.41) is 0. The Bertz CT molecular complexity index is 1190. The number of hydrogen-bond acceptors (Lipinski definition) is 6. The minimum Gasteiger partial charge on any atom is -0.493 e. The molecule has 37 heavy (non-hydrogen) atoms. The number of nitrogens with zero attached hydrogens (tertiary/aromatic N) is 3. The minimum atomic E-state index is -2.70. The molecule has 2 aromatic rings. The molecule has 2 aliphatic heterocycles. The number of halogens is 3. The topological polar surface area (TPSA) is 86.8 Å². The maximum Gasteiger partial charge on any atom is 0.288 e. The Morgan fingerprint density at radius 2 is 1.57 bits per heavy atom. The first kappa shape index (κ1) is 25.9. The van der Waals surface area contributed by atoms with Gasteiger partial charge in [-0.2, -0.15) is 0 Å². The number of anilines is 2.